The molecule has 9 heavy (non-hydrogen) atoms. The van der Waals surface area contributed by atoms with Crippen molar-refractivity contribution in [3.05, 3.63) is 0 Å². The minimum atomic E-state index is 1.08. The maximum atomic E-state index is 2.42. The molecule has 2 aliphatic carbocycles. The summed E-state index contributed by atoms with van der Waals surface area (Å²) in [6, 6.07) is 0. The Bertz CT molecular complexity index is 113. The van der Waals surface area contributed by atoms with Crippen molar-refractivity contribution in [3.63, 3.8) is 0 Å². The summed E-state index contributed by atoms with van der Waals surface area (Å²) in [5, 5.41) is 0. The van der Waals surface area contributed by atoms with E-state index in [0.717, 1.165) is 17.8 Å². The molecule has 2 saturated carbocycles. The Hall–Kier alpha value is 0. The van der Waals surface area contributed by atoms with Crippen molar-refractivity contribution in [2.45, 2.75) is 33.1 Å². The van der Waals surface area contributed by atoms with Gasteiger partial charge in [0.05, 0.1) is 0 Å². The van der Waals surface area contributed by atoms with Crippen molar-refractivity contribution >= 4 is 0 Å². The predicted molar refractivity (Wildman–Crippen MR) is 39.2 cm³/mol. The van der Waals surface area contributed by atoms with Gasteiger partial charge in [-0.1, -0.05) is 20.3 Å². The average molecular weight is 124 g/mol. The average Bonchev–Trinajstić information content (AvgIpc) is 1.80. The van der Waals surface area contributed by atoms with Gasteiger partial charge in [0.15, 0.2) is 0 Å². The summed E-state index contributed by atoms with van der Waals surface area (Å²) in [5.74, 6) is 4.53. The van der Waals surface area contributed by atoms with E-state index in [1.165, 1.54) is 12.3 Å². The second kappa shape index (κ2) is 1.74. The van der Waals surface area contributed by atoms with Crippen molar-refractivity contribution in [2.24, 2.45) is 23.7 Å². The van der Waals surface area contributed by atoms with Gasteiger partial charge >= 0.3 is 0 Å². The van der Waals surface area contributed by atoms with Crippen LogP contribution in [0.15, 0.2) is 0 Å². The van der Waals surface area contributed by atoms with Gasteiger partial charge in [-0.2, -0.15) is 0 Å². The van der Waals surface area contributed by atoms with E-state index in [-0.39, 0.29) is 0 Å². The highest BCUT2D eigenvalue weighted by Crippen LogP contribution is 2.58. The smallest absolute Gasteiger partial charge is 0.0331 e. The highest BCUT2D eigenvalue weighted by molar-refractivity contribution is 4.99. The van der Waals surface area contributed by atoms with Gasteiger partial charge < -0.3 is 0 Å². The molecule has 4 unspecified atom stereocenters. The van der Waals surface area contributed by atoms with Crippen LogP contribution in [-0.2, 0) is 0 Å². The first-order valence-electron chi connectivity index (χ1n) is 4.33. The van der Waals surface area contributed by atoms with Crippen molar-refractivity contribution in [3.8, 4) is 0 Å². The highest BCUT2D eigenvalue weighted by atomic mass is 14.6. The van der Waals surface area contributed by atoms with Gasteiger partial charge in [-0.25, -0.2) is 0 Å². The second-order valence-corrected chi connectivity index (χ2v) is 3.95. The first-order valence-corrected chi connectivity index (χ1v) is 4.33. The van der Waals surface area contributed by atoms with Crippen LogP contribution < -0.4 is 0 Å². The molecule has 0 aromatic carbocycles. The lowest BCUT2D eigenvalue weighted by molar-refractivity contribution is -0.0818. The Balaban J connectivity index is 1.92. The third-order valence-corrected chi connectivity index (χ3v) is 3.55. The Morgan fingerprint density at radius 1 is 1.33 bits per heavy atom. The van der Waals surface area contributed by atoms with Crippen LogP contribution in [0.2, 0.25) is 0 Å². The Kier molecular flexibility index (Phi) is 1.12. The van der Waals surface area contributed by atoms with Crippen molar-refractivity contribution in [1.82, 2.24) is 0 Å². The molecular weight excluding hydrogens is 108 g/mol. The van der Waals surface area contributed by atoms with Gasteiger partial charge in [-0.3, -0.25) is 0 Å². The summed E-state index contributed by atoms with van der Waals surface area (Å²) >= 11 is 0. The first kappa shape index (κ1) is 5.76. The van der Waals surface area contributed by atoms with Crippen LogP contribution >= 0.6 is 0 Å². The standard InChI is InChI=1S/C9H16/c1-3-7-5-8-4-6(2)9(7)8/h6-9H,3-5H2,1-2H3. The summed E-state index contributed by atoms with van der Waals surface area (Å²) in [6.07, 6.45) is 4.54. The molecule has 0 bridgehead atoms. The quantitative estimate of drug-likeness (QED) is 0.504. The lowest BCUT2D eigenvalue weighted by Crippen LogP contribution is -2.50. The fraction of sp³-hybridized carbons (Fsp3) is 1.00. The zero-order valence-corrected chi connectivity index (χ0v) is 6.43. The van der Waals surface area contributed by atoms with E-state index in [0.29, 0.717) is 0 Å². The topological polar surface area (TPSA) is 0 Å². The molecule has 0 nitrogen and oxygen atoms in total. The van der Waals surface area contributed by atoms with E-state index in [4.69, 9.17) is 0 Å². The largest absolute Gasteiger partial charge is 0.0651 e. The van der Waals surface area contributed by atoms with E-state index in [1.54, 1.807) is 12.8 Å². The molecule has 2 aliphatic rings. The van der Waals surface area contributed by atoms with E-state index in [9.17, 15) is 0 Å². The van der Waals surface area contributed by atoms with Crippen molar-refractivity contribution < 1.29 is 0 Å². The zero-order valence-electron chi connectivity index (χ0n) is 6.43. The molecule has 0 saturated heterocycles. The summed E-state index contributed by atoms with van der Waals surface area (Å²) < 4.78 is 0. The molecule has 0 heterocycles. The lowest BCUT2D eigenvalue weighted by atomic mass is 9.48. The first-order chi connectivity index (χ1) is 4.33. The Labute approximate surface area is 57.6 Å². The molecule has 0 aromatic rings. The van der Waals surface area contributed by atoms with Gasteiger partial charge in [0.25, 0.3) is 0 Å². The van der Waals surface area contributed by atoms with E-state index in [1.807, 2.05) is 0 Å². The van der Waals surface area contributed by atoms with Crippen LogP contribution in [0.25, 0.3) is 0 Å². The SMILES string of the molecule is CCC1CC2CC(C)C12. The van der Waals surface area contributed by atoms with Crippen LogP contribution in [0.1, 0.15) is 33.1 Å². The fourth-order valence-electron chi connectivity index (χ4n) is 2.95. The minimum Gasteiger partial charge on any atom is -0.0651 e. The van der Waals surface area contributed by atoms with E-state index in [2.05, 4.69) is 13.8 Å². The molecule has 0 radical (unpaired) electrons. The third kappa shape index (κ3) is 0.595. The highest BCUT2D eigenvalue weighted by Gasteiger charge is 2.50. The molecule has 0 aliphatic heterocycles. The van der Waals surface area contributed by atoms with Gasteiger partial charge in [-0.05, 0) is 36.5 Å². The number of hydrogen-bond donors (Lipinski definition) is 0. The molecule has 52 valence electrons. The second-order valence-electron chi connectivity index (χ2n) is 3.95. The summed E-state index contributed by atoms with van der Waals surface area (Å²) in [7, 11) is 0. The lowest BCUT2D eigenvalue weighted by Gasteiger charge is -2.57. The normalized spacial score (nSPS) is 55.3. The molecule has 0 heteroatoms. The summed E-state index contributed by atoms with van der Waals surface area (Å²) in [6.45, 7) is 4.76. The molecule has 0 spiro atoms. The number of fused-ring (bicyclic) bond motifs is 1. The monoisotopic (exact) mass is 124 g/mol. The van der Waals surface area contributed by atoms with Crippen molar-refractivity contribution in [2.75, 3.05) is 0 Å². The Morgan fingerprint density at radius 3 is 2.44 bits per heavy atom. The molecule has 2 rings (SSSR count). The Morgan fingerprint density at radius 2 is 2.11 bits per heavy atom. The van der Waals surface area contributed by atoms with E-state index >= 15 is 0 Å². The van der Waals surface area contributed by atoms with Crippen LogP contribution in [0.5, 0.6) is 0 Å². The van der Waals surface area contributed by atoms with Crippen LogP contribution in [0.3, 0.4) is 0 Å². The van der Waals surface area contributed by atoms with Crippen LogP contribution in [-0.4, -0.2) is 0 Å². The molecule has 2 fully saturated rings. The van der Waals surface area contributed by atoms with Gasteiger partial charge in [-0.15, -0.1) is 0 Å². The van der Waals surface area contributed by atoms with Gasteiger partial charge in [0.2, 0.25) is 0 Å². The number of rotatable bonds is 1. The molecule has 0 aromatic heterocycles. The predicted octanol–water partition coefficient (Wildman–Crippen LogP) is 2.69. The minimum absolute atomic E-state index is 1.08. The maximum Gasteiger partial charge on any atom is -0.0331 e. The summed E-state index contributed by atoms with van der Waals surface area (Å²) in [5.41, 5.74) is 0. The van der Waals surface area contributed by atoms with Gasteiger partial charge in [0, 0.05) is 0 Å². The molecule has 0 N–H and O–H groups in total. The molecule has 4 atom stereocenters. The summed E-state index contributed by atoms with van der Waals surface area (Å²) in [4.78, 5) is 0. The molecule has 0 amide bonds. The van der Waals surface area contributed by atoms with Crippen LogP contribution in [0, 0.1) is 23.7 Å². The maximum absolute atomic E-state index is 2.42. The van der Waals surface area contributed by atoms with Crippen molar-refractivity contribution in [1.29, 1.82) is 0 Å². The number of hydrogen-bond acceptors (Lipinski definition) is 0. The van der Waals surface area contributed by atoms with E-state index < -0.39 is 0 Å². The fourth-order valence-corrected chi connectivity index (χ4v) is 2.95. The third-order valence-electron chi connectivity index (χ3n) is 3.55. The van der Waals surface area contributed by atoms with Crippen LogP contribution in [0.4, 0.5) is 0 Å². The molecular formula is C9H16. The zero-order chi connectivity index (χ0) is 6.43. The van der Waals surface area contributed by atoms with Gasteiger partial charge in [0.1, 0.15) is 0 Å².